The summed E-state index contributed by atoms with van der Waals surface area (Å²) < 4.78 is 5.83. The van der Waals surface area contributed by atoms with Gasteiger partial charge in [-0.05, 0) is 62.1 Å². The summed E-state index contributed by atoms with van der Waals surface area (Å²) in [5.74, 6) is 1.67. The molecular weight excluding hydrogens is 303 g/mol. The molecule has 0 aliphatic rings. The zero-order valence-corrected chi connectivity index (χ0v) is 13.9. The third kappa shape index (κ3) is 5.61. The Balaban J connectivity index is 1.97. The quantitative estimate of drug-likeness (QED) is 0.609. The third-order valence-electron chi connectivity index (χ3n) is 3.12. The van der Waals surface area contributed by atoms with Crippen molar-refractivity contribution < 1.29 is 4.74 Å². The second-order valence-corrected chi connectivity index (χ2v) is 6.85. The molecule has 0 radical (unpaired) electrons. The second kappa shape index (κ2) is 7.72. The van der Waals surface area contributed by atoms with Crippen molar-refractivity contribution in [3.8, 4) is 11.5 Å². The van der Waals surface area contributed by atoms with E-state index in [9.17, 15) is 0 Å². The standard InChI is InChI=1S/C18H20Cl2O/c1-13(19)11-15-3-7-17(8-4-15)21-18-9-5-16(6-10-18)12-14(2)20/h3-10,13-14H,11-12H2,1-2H3. The molecule has 0 spiro atoms. The highest BCUT2D eigenvalue weighted by atomic mass is 35.5. The molecule has 0 heterocycles. The lowest BCUT2D eigenvalue weighted by Crippen LogP contribution is -1.97. The highest BCUT2D eigenvalue weighted by Gasteiger charge is 2.03. The van der Waals surface area contributed by atoms with E-state index in [0.717, 1.165) is 24.3 Å². The van der Waals surface area contributed by atoms with Crippen LogP contribution in [0, 0.1) is 0 Å². The van der Waals surface area contributed by atoms with Crippen LogP contribution in [0.5, 0.6) is 11.5 Å². The second-order valence-electron chi connectivity index (χ2n) is 5.36. The minimum atomic E-state index is 0.147. The number of benzene rings is 2. The van der Waals surface area contributed by atoms with Gasteiger partial charge in [0, 0.05) is 10.8 Å². The van der Waals surface area contributed by atoms with Gasteiger partial charge in [-0.2, -0.15) is 0 Å². The van der Waals surface area contributed by atoms with Crippen LogP contribution < -0.4 is 4.74 Å². The molecule has 112 valence electrons. The monoisotopic (exact) mass is 322 g/mol. The van der Waals surface area contributed by atoms with E-state index in [-0.39, 0.29) is 10.8 Å². The molecule has 0 bridgehead atoms. The number of alkyl halides is 2. The lowest BCUT2D eigenvalue weighted by molar-refractivity contribution is 0.482. The predicted octanol–water partition coefficient (Wildman–Crippen LogP) is 5.82. The summed E-state index contributed by atoms with van der Waals surface area (Å²) in [5, 5.41) is 0.294. The van der Waals surface area contributed by atoms with Crippen LogP contribution in [0.15, 0.2) is 48.5 Å². The van der Waals surface area contributed by atoms with Crippen molar-refractivity contribution in [3.63, 3.8) is 0 Å². The van der Waals surface area contributed by atoms with Crippen LogP contribution in [0.3, 0.4) is 0 Å². The van der Waals surface area contributed by atoms with Gasteiger partial charge in [-0.1, -0.05) is 24.3 Å². The van der Waals surface area contributed by atoms with Gasteiger partial charge in [0.05, 0.1) is 0 Å². The summed E-state index contributed by atoms with van der Waals surface area (Å²) in [7, 11) is 0. The van der Waals surface area contributed by atoms with Crippen molar-refractivity contribution in [2.24, 2.45) is 0 Å². The largest absolute Gasteiger partial charge is 0.457 e. The zero-order chi connectivity index (χ0) is 15.2. The number of halogens is 2. The molecule has 2 unspecified atom stereocenters. The molecule has 0 saturated heterocycles. The first-order valence-electron chi connectivity index (χ1n) is 7.17. The minimum absolute atomic E-state index is 0.147. The van der Waals surface area contributed by atoms with E-state index in [2.05, 4.69) is 24.3 Å². The van der Waals surface area contributed by atoms with Gasteiger partial charge in [0.2, 0.25) is 0 Å². The van der Waals surface area contributed by atoms with Crippen LogP contribution >= 0.6 is 23.2 Å². The zero-order valence-electron chi connectivity index (χ0n) is 12.4. The molecule has 1 nitrogen and oxygen atoms in total. The average molecular weight is 323 g/mol. The molecule has 2 atom stereocenters. The van der Waals surface area contributed by atoms with Crippen LogP contribution in [-0.2, 0) is 12.8 Å². The Labute approximate surface area is 136 Å². The molecule has 0 N–H and O–H groups in total. The van der Waals surface area contributed by atoms with E-state index in [1.54, 1.807) is 0 Å². The number of hydrogen-bond acceptors (Lipinski definition) is 1. The fourth-order valence-electron chi connectivity index (χ4n) is 2.17. The smallest absolute Gasteiger partial charge is 0.127 e. The molecule has 2 aromatic rings. The van der Waals surface area contributed by atoms with Gasteiger partial charge in [-0.3, -0.25) is 0 Å². The van der Waals surface area contributed by atoms with Gasteiger partial charge < -0.3 is 4.74 Å². The Morgan fingerprint density at radius 3 is 1.33 bits per heavy atom. The molecule has 0 aliphatic heterocycles. The summed E-state index contributed by atoms with van der Waals surface area (Å²) in [6.07, 6.45) is 1.74. The van der Waals surface area contributed by atoms with Crippen LogP contribution in [-0.4, -0.2) is 10.8 Å². The molecule has 0 saturated carbocycles. The lowest BCUT2D eigenvalue weighted by Gasteiger charge is -2.09. The highest BCUT2D eigenvalue weighted by Crippen LogP contribution is 2.23. The topological polar surface area (TPSA) is 9.23 Å². The summed E-state index contributed by atoms with van der Waals surface area (Å²) in [4.78, 5) is 0. The summed E-state index contributed by atoms with van der Waals surface area (Å²) >= 11 is 12.0. The number of ether oxygens (including phenoxy) is 1. The molecule has 2 rings (SSSR count). The van der Waals surface area contributed by atoms with Gasteiger partial charge in [0.1, 0.15) is 11.5 Å². The van der Waals surface area contributed by atoms with Crippen molar-refractivity contribution in [1.29, 1.82) is 0 Å². The van der Waals surface area contributed by atoms with Crippen LogP contribution in [0.1, 0.15) is 25.0 Å². The first-order chi connectivity index (χ1) is 10.0. The van der Waals surface area contributed by atoms with Crippen molar-refractivity contribution in [2.75, 3.05) is 0 Å². The molecule has 3 heteroatoms. The number of rotatable bonds is 6. The van der Waals surface area contributed by atoms with E-state index in [0.29, 0.717) is 0 Å². The van der Waals surface area contributed by atoms with Gasteiger partial charge in [-0.25, -0.2) is 0 Å². The Morgan fingerprint density at radius 2 is 1.05 bits per heavy atom. The predicted molar refractivity (Wildman–Crippen MR) is 91.0 cm³/mol. The van der Waals surface area contributed by atoms with Crippen LogP contribution in [0.2, 0.25) is 0 Å². The summed E-state index contributed by atoms with van der Waals surface area (Å²) in [6.45, 7) is 3.99. The highest BCUT2D eigenvalue weighted by molar-refractivity contribution is 6.20. The Morgan fingerprint density at radius 1 is 0.714 bits per heavy atom. The van der Waals surface area contributed by atoms with E-state index in [4.69, 9.17) is 27.9 Å². The molecule has 21 heavy (non-hydrogen) atoms. The first kappa shape index (κ1) is 16.2. The van der Waals surface area contributed by atoms with Gasteiger partial charge in [-0.15, -0.1) is 23.2 Å². The van der Waals surface area contributed by atoms with Gasteiger partial charge in [0.25, 0.3) is 0 Å². The average Bonchev–Trinajstić information content (AvgIpc) is 2.42. The molecular formula is C18H20Cl2O. The maximum absolute atomic E-state index is 5.99. The fourth-order valence-corrected chi connectivity index (χ4v) is 2.53. The first-order valence-corrected chi connectivity index (χ1v) is 8.04. The van der Waals surface area contributed by atoms with Crippen molar-refractivity contribution in [3.05, 3.63) is 59.7 Å². The number of hydrogen-bond donors (Lipinski definition) is 0. The van der Waals surface area contributed by atoms with E-state index >= 15 is 0 Å². The van der Waals surface area contributed by atoms with Gasteiger partial charge in [0.15, 0.2) is 0 Å². The maximum atomic E-state index is 5.99. The molecule has 0 amide bonds. The van der Waals surface area contributed by atoms with Crippen molar-refractivity contribution >= 4 is 23.2 Å². The SMILES string of the molecule is CC(Cl)Cc1ccc(Oc2ccc(CC(C)Cl)cc2)cc1. The normalized spacial score (nSPS) is 13.7. The molecule has 0 aromatic heterocycles. The van der Waals surface area contributed by atoms with E-state index in [1.165, 1.54) is 11.1 Å². The maximum Gasteiger partial charge on any atom is 0.127 e. The van der Waals surface area contributed by atoms with E-state index < -0.39 is 0 Å². The minimum Gasteiger partial charge on any atom is -0.457 e. The Hall–Kier alpha value is -1.18. The van der Waals surface area contributed by atoms with Crippen LogP contribution in [0.4, 0.5) is 0 Å². The summed E-state index contributed by atoms with van der Waals surface area (Å²) in [6, 6.07) is 16.1. The third-order valence-corrected chi connectivity index (χ3v) is 3.42. The van der Waals surface area contributed by atoms with Gasteiger partial charge >= 0.3 is 0 Å². The van der Waals surface area contributed by atoms with Crippen molar-refractivity contribution in [1.82, 2.24) is 0 Å². The molecule has 0 aliphatic carbocycles. The fraction of sp³-hybridized carbons (Fsp3) is 0.333. The molecule has 0 fully saturated rings. The van der Waals surface area contributed by atoms with E-state index in [1.807, 2.05) is 38.1 Å². The Kier molecular flexibility index (Phi) is 5.96. The molecule has 2 aromatic carbocycles. The summed E-state index contributed by atoms with van der Waals surface area (Å²) in [5.41, 5.74) is 2.44. The lowest BCUT2D eigenvalue weighted by atomic mass is 10.1. The van der Waals surface area contributed by atoms with Crippen molar-refractivity contribution in [2.45, 2.75) is 37.4 Å². The Bertz CT molecular complexity index is 493. The van der Waals surface area contributed by atoms with Crippen LogP contribution in [0.25, 0.3) is 0 Å².